The van der Waals surface area contributed by atoms with E-state index in [1.165, 1.54) is 53.8 Å². The van der Waals surface area contributed by atoms with Crippen LogP contribution < -0.4 is 0 Å². The molecule has 0 radical (unpaired) electrons. The monoisotopic (exact) mass is 391 g/mol. The van der Waals surface area contributed by atoms with Crippen LogP contribution in [-0.2, 0) is 6.18 Å². The third kappa shape index (κ3) is 5.52. The Labute approximate surface area is 167 Å². The van der Waals surface area contributed by atoms with Crippen molar-refractivity contribution in [1.82, 2.24) is 4.90 Å². The van der Waals surface area contributed by atoms with Gasteiger partial charge in [0.05, 0.1) is 5.56 Å². The van der Waals surface area contributed by atoms with Crippen molar-refractivity contribution in [2.24, 2.45) is 0 Å². The smallest absolute Gasteiger partial charge is 0.375 e. The lowest BCUT2D eigenvalue weighted by Gasteiger charge is -2.31. The van der Waals surface area contributed by atoms with Gasteiger partial charge in [-0.15, -0.1) is 0 Å². The SMILES string of the molecule is CC/C(=C\C(=C(C)C)/C(C)=C(\C)N1CCCCC1)c1ccc(C(F)(F)F)cc1. The van der Waals surface area contributed by atoms with E-state index >= 15 is 0 Å². The van der Waals surface area contributed by atoms with E-state index in [1.807, 2.05) is 6.92 Å². The lowest BCUT2D eigenvalue weighted by Crippen LogP contribution is -2.28. The third-order valence-corrected chi connectivity index (χ3v) is 5.60. The van der Waals surface area contributed by atoms with Gasteiger partial charge in [-0.3, -0.25) is 0 Å². The van der Waals surface area contributed by atoms with Crippen LogP contribution in [-0.4, -0.2) is 18.0 Å². The molecule has 0 atom stereocenters. The molecule has 0 unspecified atom stereocenters. The summed E-state index contributed by atoms with van der Waals surface area (Å²) in [7, 11) is 0. The van der Waals surface area contributed by atoms with Crippen molar-refractivity contribution in [2.75, 3.05) is 13.1 Å². The molecule has 0 saturated carbocycles. The number of allylic oxidation sites excluding steroid dienone is 6. The minimum Gasteiger partial charge on any atom is -0.375 e. The summed E-state index contributed by atoms with van der Waals surface area (Å²) >= 11 is 0. The van der Waals surface area contributed by atoms with Gasteiger partial charge in [0.15, 0.2) is 0 Å². The molecule has 1 fully saturated rings. The maximum Gasteiger partial charge on any atom is 0.416 e. The van der Waals surface area contributed by atoms with E-state index in [9.17, 15) is 13.2 Å². The van der Waals surface area contributed by atoms with Crippen LogP contribution in [0.5, 0.6) is 0 Å². The molecule has 4 heteroatoms. The van der Waals surface area contributed by atoms with Gasteiger partial charge in [0.1, 0.15) is 0 Å². The predicted molar refractivity (Wildman–Crippen MR) is 112 cm³/mol. The Kier molecular flexibility index (Phi) is 7.56. The Morgan fingerprint density at radius 1 is 0.964 bits per heavy atom. The minimum absolute atomic E-state index is 0.605. The van der Waals surface area contributed by atoms with Gasteiger partial charge >= 0.3 is 6.18 Å². The van der Waals surface area contributed by atoms with Crippen molar-refractivity contribution >= 4 is 5.57 Å². The van der Waals surface area contributed by atoms with Crippen molar-refractivity contribution in [3.63, 3.8) is 0 Å². The van der Waals surface area contributed by atoms with Gasteiger partial charge < -0.3 is 4.90 Å². The maximum atomic E-state index is 12.9. The number of alkyl halides is 3. The van der Waals surface area contributed by atoms with Gasteiger partial charge in [0.25, 0.3) is 0 Å². The highest BCUT2D eigenvalue weighted by Crippen LogP contribution is 2.32. The standard InChI is InChI=1S/C24H32F3N/c1-6-20(21-10-12-22(13-11-21)24(25,26)27)16-23(17(2)3)18(4)19(5)28-14-8-7-9-15-28/h10-13,16H,6-9,14-15H2,1-5H3/b19-18+,20-16+. The number of halogens is 3. The van der Waals surface area contributed by atoms with Crippen LogP contribution in [0.25, 0.3) is 5.57 Å². The van der Waals surface area contributed by atoms with Gasteiger partial charge in [-0.2, -0.15) is 13.2 Å². The summed E-state index contributed by atoms with van der Waals surface area (Å²) in [6, 6.07) is 5.50. The summed E-state index contributed by atoms with van der Waals surface area (Å²) in [4.78, 5) is 2.46. The molecular formula is C24H32F3N. The quantitative estimate of drug-likeness (QED) is 0.467. The highest BCUT2D eigenvalue weighted by atomic mass is 19.4. The molecule has 2 rings (SSSR count). The molecule has 0 amide bonds. The van der Waals surface area contributed by atoms with Crippen molar-refractivity contribution in [1.29, 1.82) is 0 Å². The van der Waals surface area contributed by atoms with Crippen LogP contribution in [0.1, 0.15) is 71.4 Å². The summed E-state index contributed by atoms with van der Waals surface area (Å²) in [5.41, 5.74) is 6.24. The van der Waals surface area contributed by atoms with Crippen molar-refractivity contribution in [2.45, 2.75) is 66.5 Å². The van der Waals surface area contributed by atoms with Crippen LogP contribution in [0, 0.1) is 0 Å². The highest BCUT2D eigenvalue weighted by Gasteiger charge is 2.30. The zero-order chi connectivity index (χ0) is 20.9. The average molecular weight is 392 g/mol. The molecule has 1 aromatic carbocycles. The van der Waals surface area contributed by atoms with Crippen LogP contribution in [0.3, 0.4) is 0 Å². The number of hydrogen-bond donors (Lipinski definition) is 0. The number of rotatable bonds is 5. The van der Waals surface area contributed by atoms with Crippen molar-refractivity contribution in [3.8, 4) is 0 Å². The van der Waals surface area contributed by atoms with Crippen LogP contribution in [0.4, 0.5) is 13.2 Å². The number of nitrogens with zero attached hydrogens (tertiary/aromatic N) is 1. The summed E-state index contributed by atoms with van der Waals surface area (Å²) < 4.78 is 38.6. The fraction of sp³-hybridized carbons (Fsp3) is 0.500. The van der Waals surface area contributed by atoms with E-state index in [2.05, 4.69) is 38.7 Å². The Hall–Kier alpha value is -1.97. The molecule has 154 valence electrons. The van der Waals surface area contributed by atoms with Gasteiger partial charge in [-0.05, 0) is 87.8 Å². The molecule has 1 saturated heterocycles. The van der Waals surface area contributed by atoms with E-state index in [-0.39, 0.29) is 0 Å². The molecular weight excluding hydrogens is 359 g/mol. The van der Waals surface area contributed by atoms with Crippen molar-refractivity contribution < 1.29 is 13.2 Å². The van der Waals surface area contributed by atoms with E-state index in [0.29, 0.717) is 0 Å². The summed E-state index contributed by atoms with van der Waals surface area (Å²) in [5, 5.41) is 0. The summed E-state index contributed by atoms with van der Waals surface area (Å²) in [6.45, 7) is 12.8. The number of hydrogen-bond acceptors (Lipinski definition) is 1. The first-order valence-electron chi connectivity index (χ1n) is 10.1. The summed E-state index contributed by atoms with van der Waals surface area (Å²) in [6.07, 6.45) is 2.38. The number of benzene rings is 1. The third-order valence-electron chi connectivity index (χ3n) is 5.60. The normalized spacial score (nSPS) is 16.7. The first-order valence-corrected chi connectivity index (χ1v) is 10.1. The highest BCUT2D eigenvalue weighted by molar-refractivity contribution is 5.70. The Bertz CT molecular complexity index is 754. The van der Waals surface area contributed by atoms with Crippen LogP contribution >= 0.6 is 0 Å². The molecule has 1 aliphatic rings. The molecule has 0 bridgehead atoms. The zero-order valence-electron chi connectivity index (χ0n) is 17.7. The lowest BCUT2D eigenvalue weighted by molar-refractivity contribution is -0.137. The fourth-order valence-electron chi connectivity index (χ4n) is 3.73. The molecule has 1 aromatic rings. The molecule has 0 aliphatic carbocycles. The topological polar surface area (TPSA) is 3.24 Å². The Morgan fingerprint density at radius 3 is 2.00 bits per heavy atom. The van der Waals surface area contributed by atoms with E-state index in [4.69, 9.17) is 0 Å². The number of likely N-dealkylation sites (tertiary alicyclic amines) is 1. The van der Waals surface area contributed by atoms with E-state index in [0.717, 1.165) is 30.6 Å². The molecule has 0 N–H and O–H groups in total. The zero-order valence-corrected chi connectivity index (χ0v) is 17.7. The minimum atomic E-state index is -4.30. The second-order valence-corrected chi connectivity index (χ2v) is 7.77. The second kappa shape index (κ2) is 9.49. The second-order valence-electron chi connectivity index (χ2n) is 7.77. The fourth-order valence-corrected chi connectivity index (χ4v) is 3.73. The Balaban J connectivity index is 2.39. The number of piperidine rings is 1. The molecule has 1 heterocycles. The van der Waals surface area contributed by atoms with Crippen LogP contribution in [0.15, 0.2) is 52.8 Å². The predicted octanol–water partition coefficient (Wildman–Crippen LogP) is 7.62. The van der Waals surface area contributed by atoms with E-state index in [1.54, 1.807) is 12.1 Å². The Morgan fingerprint density at radius 2 is 1.54 bits per heavy atom. The van der Waals surface area contributed by atoms with Gasteiger partial charge in [-0.1, -0.05) is 30.7 Å². The largest absolute Gasteiger partial charge is 0.416 e. The van der Waals surface area contributed by atoms with Gasteiger partial charge in [0.2, 0.25) is 0 Å². The van der Waals surface area contributed by atoms with Crippen molar-refractivity contribution in [3.05, 3.63) is 63.9 Å². The molecule has 0 aromatic heterocycles. The van der Waals surface area contributed by atoms with E-state index < -0.39 is 11.7 Å². The molecule has 28 heavy (non-hydrogen) atoms. The summed E-state index contributed by atoms with van der Waals surface area (Å²) in [5.74, 6) is 0. The first-order chi connectivity index (χ1) is 13.1. The molecule has 0 spiro atoms. The maximum absolute atomic E-state index is 12.9. The molecule has 1 nitrogen and oxygen atoms in total. The van der Waals surface area contributed by atoms with Crippen LogP contribution in [0.2, 0.25) is 0 Å². The lowest BCUT2D eigenvalue weighted by atomic mass is 9.93. The van der Waals surface area contributed by atoms with Gasteiger partial charge in [0, 0.05) is 18.8 Å². The van der Waals surface area contributed by atoms with Gasteiger partial charge in [-0.25, -0.2) is 0 Å². The molecule has 1 aliphatic heterocycles. The average Bonchev–Trinajstić information content (AvgIpc) is 2.67. The first kappa shape index (κ1) is 22.3.